The Morgan fingerprint density at radius 2 is 0.363 bits per heavy atom. The van der Waals surface area contributed by atoms with Crippen molar-refractivity contribution in [2.75, 3.05) is 0 Å². The molecule has 28 rings (SSSR count). The molecule has 0 aliphatic carbocycles. The Morgan fingerprint density at radius 3 is 0.793 bits per heavy atom. The molecule has 3 aromatic heterocycles. The molecule has 0 saturated carbocycles. The van der Waals surface area contributed by atoms with E-state index in [9.17, 15) is 0 Å². The quantitative estimate of drug-likeness (QED) is 0.128. The van der Waals surface area contributed by atoms with Crippen LogP contribution in [-0.4, -0.2) is 0 Å². The summed E-state index contributed by atoms with van der Waals surface area (Å²) in [5.74, 6) is 0. The van der Waals surface area contributed by atoms with Crippen LogP contribution in [0.3, 0.4) is 0 Å². The van der Waals surface area contributed by atoms with Gasteiger partial charge < -0.3 is 13.3 Å². The third-order valence-corrected chi connectivity index (χ3v) is 27.7. The molecular formula is C132H82O3. The smallest absolute Gasteiger partial charge is 0.136 e. The van der Waals surface area contributed by atoms with E-state index in [2.05, 4.69) is 497 Å². The molecule has 0 spiro atoms. The standard InChI is InChI=1S/C48H30O.2C42H26O/c1-2-12-32(13-3-1)47-40-17-6-8-19-42(40)48(43-20-9-7-18-41(43)47)38-24-26-45-44(29-38)39-25-23-37(30-46(39)49-45)35-16-10-15-34(28-35)36-22-21-31-11-4-5-14-33(31)27-36;1-2-13-28(14-3-1)40-33-17-6-8-19-35(33)41(36-20-9-7-18-34(36)40)29-24-25-38-37(26-29)42-32(22-11-23-39(42)43-38)31-21-10-15-27-12-4-5-16-30(27)31;1-2-11-28(12-3-1)41-33-14-6-8-16-35(33)42(36-17-9-7-15-34(36)41)32-21-23-40-38(26-32)37-25-31(20-22-39(37)43-40)30-19-18-27-10-4-5-13-29(27)24-30/h1-30H;2*1-26H. The van der Waals surface area contributed by atoms with E-state index >= 15 is 0 Å². The lowest BCUT2D eigenvalue weighted by atomic mass is 9.85. The van der Waals surface area contributed by atoms with Crippen LogP contribution in [0.25, 0.3) is 274 Å². The maximum absolute atomic E-state index is 6.52. The molecule has 628 valence electrons. The fourth-order valence-corrected chi connectivity index (χ4v) is 21.6. The van der Waals surface area contributed by atoms with Crippen LogP contribution in [0.2, 0.25) is 0 Å². The van der Waals surface area contributed by atoms with Crippen LogP contribution >= 0.6 is 0 Å². The Balaban J connectivity index is 0.000000106. The van der Waals surface area contributed by atoms with Crippen LogP contribution in [-0.2, 0) is 0 Å². The zero-order chi connectivity index (χ0) is 89.0. The number of fused-ring (bicyclic) bond motifs is 18. The van der Waals surface area contributed by atoms with Crippen molar-refractivity contribution in [3.63, 3.8) is 0 Å². The van der Waals surface area contributed by atoms with E-state index in [1.54, 1.807) is 0 Å². The normalized spacial score (nSPS) is 11.7. The summed E-state index contributed by atoms with van der Waals surface area (Å²) in [6, 6.07) is 179. The largest absolute Gasteiger partial charge is 0.456 e. The van der Waals surface area contributed by atoms with E-state index in [-0.39, 0.29) is 0 Å². The van der Waals surface area contributed by atoms with Crippen molar-refractivity contribution < 1.29 is 13.3 Å². The summed E-state index contributed by atoms with van der Waals surface area (Å²) in [6.07, 6.45) is 0. The van der Waals surface area contributed by atoms with Crippen LogP contribution < -0.4 is 0 Å². The van der Waals surface area contributed by atoms with Crippen molar-refractivity contribution >= 4 is 163 Å². The number of rotatable bonds is 10. The van der Waals surface area contributed by atoms with Gasteiger partial charge in [0.25, 0.3) is 0 Å². The van der Waals surface area contributed by atoms with Gasteiger partial charge in [0, 0.05) is 32.3 Å². The number of benzene rings is 25. The lowest BCUT2D eigenvalue weighted by Gasteiger charge is -2.17. The van der Waals surface area contributed by atoms with E-state index in [4.69, 9.17) is 13.3 Å². The second kappa shape index (κ2) is 32.7. The van der Waals surface area contributed by atoms with E-state index in [1.165, 1.54) is 203 Å². The predicted molar refractivity (Wildman–Crippen MR) is 573 cm³/mol. The van der Waals surface area contributed by atoms with Gasteiger partial charge in [-0.1, -0.05) is 413 Å². The van der Waals surface area contributed by atoms with Gasteiger partial charge in [-0.15, -0.1) is 0 Å². The Labute approximate surface area is 779 Å². The van der Waals surface area contributed by atoms with Crippen LogP contribution in [0.4, 0.5) is 0 Å². The van der Waals surface area contributed by atoms with Gasteiger partial charge in [0.1, 0.15) is 33.5 Å². The summed E-state index contributed by atoms with van der Waals surface area (Å²) in [5, 5.41) is 29.4. The Bertz CT molecular complexity index is 9450. The van der Waals surface area contributed by atoms with E-state index in [0.717, 1.165) is 71.4 Å². The lowest BCUT2D eigenvalue weighted by molar-refractivity contribution is 0.668. The van der Waals surface area contributed by atoms with Crippen molar-refractivity contribution in [3.05, 3.63) is 497 Å². The first-order valence-corrected chi connectivity index (χ1v) is 46.4. The molecule has 135 heavy (non-hydrogen) atoms. The number of hydrogen-bond donors (Lipinski definition) is 0. The van der Waals surface area contributed by atoms with Gasteiger partial charge in [-0.3, -0.25) is 0 Å². The van der Waals surface area contributed by atoms with Crippen LogP contribution in [0.1, 0.15) is 0 Å². The van der Waals surface area contributed by atoms with Gasteiger partial charge >= 0.3 is 0 Å². The van der Waals surface area contributed by atoms with Gasteiger partial charge in [0.15, 0.2) is 0 Å². The van der Waals surface area contributed by atoms with E-state index in [0.29, 0.717) is 0 Å². The second-order valence-electron chi connectivity index (χ2n) is 35.4. The maximum Gasteiger partial charge on any atom is 0.136 e. The molecule has 0 bridgehead atoms. The molecule has 0 atom stereocenters. The molecule has 0 radical (unpaired) electrons. The molecule has 3 heterocycles. The highest BCUT2D eigenvalue weighted by Gasteiger charge is 2.25. The number of furan rings is 3. The molecule has 28 aromatic rings. The van der Waals surface area contributed by atoms with Crippen LogP contribution in [0, 0.1) is 0 Å². The average molecular weight is 1720 g/mol. The van der Waals surface area contributed by atoms with E-state index < -0.39 is 0 Å². The van der Waals surface area contributed by atoms with Crippen molar-refractivity contribution in [2.24, 2.45) is 0 Å². The molecule has 0 saturated heterocycles. The minimum Gasteiger partial charge on any atom is -0.456 e. The van der Waals surface area contributed by atoms with Gasteiger partial charge in [-0.2, -0.15) is 0 Å². The maximum atomic E-state index is 6.52. The molecule has 0 aliphatic heterocycles. The highest BCUT2D eigenvalue weighted by molar-refractivity contribution is 6.27. The van der Waals surface area contributed by atoms with Crippen molar-refractivity contribution in [3.8, 4) is 111 Å². The minimum absolute atomic E-state index is 0.898. The third-order valence-electron chi connectivity index (χ3n) is 27.7. The summed E-state index contributed by atoms with van der Waals surface area (Å²) in [4.78, 5) is 0. The molecule has 0 fully saturated rings. The summed E-state index contributed by atoms with van der Waals surface area (Å²) < 4.78 is 19.3. The first-order chi connectivity index (χ1) is 66.9. The number of hydrogen-bond acceptors (Lipinski definition) is 3. The Kier molecular flexibility index (Phi) is 19.0. The molecule has 0 aliphatic rings. The van der Waals surface area contributed by atoms with Gasteiger partial charge in [0.05, 0.1) is 0 Å². The highest BCUT2D eigenvalue weighted by Crippen LogP contribution is 2.51. The third kappa shape index (κ3) is 13.6. The highest BCUT2D eigenvalue weighted by atomic mass is 16.3. The SMILES string of the molecule is c1ccc(-c2c3ccccc3c(-c3ccc4oc5cc(-c6cccc(-c7ccc8ccccc8c7)c6)ccc5c4c3)c3ccccc23)cc1.c1ccc(-c2c3ccccc3c(-c3ccc4oc5ccc(-c6ccc7ccccc7c6)cc5c4c3)c3ccccc23)cc1.c1ccc(-c2c3ccccc3c(-c3ccc4oc5cccc(-c6cccc7ccccc67)c5c4c3)c3ccccc23)cc1. The average Bonchev–Trinajstić information content (AvgIpc) is 1.54. The van der Waals surface area contributed by atoms with Gasteiger partial charge in [-0.25, -0.2) is 0 Å². The fraction of sp³-hybridized carbons (Fsp3) is 0. The first kappa shape index (κ1) is 78.3. The summed E-state index contributed by atoms with van der Waals surface area (Å²) in [5.41, 5.74) is 29.9. The molecule has 0 N–H and O–H groups in total. The second-order valence-corrected chi connectivity index (χ2v) is 35.4. The first-order valence-electron chi connectivity index (χ1n) is 46.4. The van der Waals surface area contributed by atoms with Crippen molar-refractivity contribution in [1.29, 1.82) is 0 Å². The molecule has 0 amide bonds. The topological polar surface area (TPSA) is 39.4 Å². The van der Waals surface area contributed by atoms with Crippen molar-refractivity contribution in [2.45, 2.75) is 0 Å². The molecule has 25 aromatic carbocycles. The Hall–Kier alpha value is -17.8. The zero-order valence-electron chi connectivity index (χ0n) is 73.6. The minimum atomic E-state index is 0.898. The molecule has 3 nitrogen and oxygen atoms in total. The van der Waals surface area contributed by atoms with Gasteiger partial charge in [0.2, 0.25) is 0 Å². The zero-order valence-corrected chi connectivity index (χ0v) is 73.6. The monoisotopic (exact) mass is 1710 g/mol. The predicted octanol–water partition coefficient (Wildman–Crippen LogP) is 37.8. The van der Waals surface area contributed by atoms with Gasteiger partial charge in [-0.05, 0) is 293 Å². The van der Waals surface area contributed by atoms with Crippen LogP contribution in [0.15, 0.2) is 511 Å². The summed E-state index contributed by atoms with van der Waals surface area (Å²) >= 11 is 0. The van der Waals surface area contributed by atoms with Crippen LogP contribution in [0.5, 0.6) is 0 Å². The molecule has 3 heteroatoms. The fourth-order valence-electron chi connectivity index (χ4n) is 21.6. The Morgan fingerprint density at radius 1 is 0.104 bits per heavy atom. The van der Waals surface area contributed by atoms with Crippen molar-refractivity contribution in [1.82, 2.24) is 0 Å². The molecular weight excluding hydrogens is 1630 g/mol. The summed E-state index contributed by atoms with van der Waals surface area (Å²) in [7, 11) is 0. The summed E-state index contributed by atoms with van der Waals surface area (Å²) in [6.45, 7) is 0. The molecule has 0 unspecified atom stereocenters. The van der Waals surface area contributed by atoms with E-state index in [1.807, 2.05) is 0 Å². The lowest BCUT2D eigenvalue weighted by Crippen LogP contribution is -1.90.